The summed E-state index contributed by atoms with van der Waals surface area (Å²) in [6.07, 6.45) is 0. The van der Waals surface area contributed by atoms with Crippen molar-refractivity contribution in [1.29, 1.82) is 0 Å². The number of rotatable bonds is 5. The van der Waals surface area contributed by atoms with E-state index in [1.807, 2.05) is 66.7 Å². The number of carbonyl (C=O) groups is 1. The van der Waals surface area contributed by atoms with Gasteiger partial charge in [0.1, 0.15) is 17.1 Å². The number of phenolic OH excluding ortho intramolecular Hbond substituents is 1. The predicted octanol–water partition coefficient (Wildman–Crippen LogP) is 6.61. The van der Waals surface area contributed by atoms with Gasteiger partial charge in [-0.15, -0.1) is 10.2 Å². The van der Waals surface area contributed by atoms with E-state index < -0.39 is 0 Å². The maximum atomic E-state index is 12.9. The Morgan fingerprint density at radius 2 is 1.47 bits per heavy atom. The maximum absolute atomic E-state index is 12.9. The number of fused-ring (bicyclic) bond motifs is 1. The third-order valence-corrected chi connectivity index (χ3v) is 5.47. The van der Waals surface area contributed by atoms with Gasteiger partial charge in [-0.3, -0.25) is 4.79 Å². The van der Waals surface area contributed by atoms with Crippen molar-refractivity contribution < 1.29 is 9.90 Å². The largest absolute Gasteiger partial charge is 0.506 e. The molecule has 0 saturated carbocycles. The van der Waals surface area contributed by atoms with Gasteiger partial charge in [0.15, 0.2) is 11.5 Å². The number of anilines is 1. The molecule has 7 heteroatoms. The second-order valence-electron chi connectivity index (χ2n) is 7.71. The van der Waals surface area contributed by atoms with Crippen LogP contribution in [0.15, 0.2) is 107 Å². The Labute approximate surface area is 196 Å². The summed E-state index contributed by atoms with van der Waals surface area (Å²) >= 11 is 0. The van der Waals surface area contributed by atoms with Crippen LogP contribution in [-0.2, 0) is 7.05 Å². The fraction of sp³-hybridized carbons (Fsp3) is 0.0370. The Morgan fingerprint density at radius 1 is 0.824 bits per heavy atom. The van der Waals surface area contributed by atoms with Crippen molar-refractivity contribution in [2.75, 3.05) is 5.32 Å². The molecule has 0 unspecified atom stereocenters. The number of aryl methyl sites for hydroxylation is 1. The zero-order valence-corrected chi connectivity index (χ0v) is 18.4. The number of nitrogens with zero attached hydrogens (tertiary/aromatic N) is 4. The number of benzene rings is 4. The summed E-state index contributed by atoms with van der Waals surface area (Å²) in [6, 6.07) is 29.5. The van der Waals surface area contributed by atoms with Crippen LogP contribution in [0.25, 0.3) is 22.0 Å². The number of nitrogens with one attached hydrogen (secondary N) is 1. The molecule has 34 heavy (non-hydrogen) atoms. The molecule has 1 amide bonds. The third kappa shape index (κ3) is 4.02. The summed E-state index contributed by atoms with van der Waals surface area (Å²) in [7, 11) is 1.74. The Kier molecular flexibility index (Phi) is 5.58. The molecule has 4 aromatic carbocycles. The van der Waals surface area contributed by atoms with Gasteiger partial charge in [0.2, 0.25) is 0 Å². The lowest BCUT2D eigenvalue weighted by molar-refractivity contribution is 0.102. The van der Waals surface area contributed by atoms with Crippen LogP contribution in [0.1, 0.15) is 10.4 Å². The van der Waals surface area contributed by atoms with Crippen LogP contribution in [0.3, 0.4) is 0 Å². The summed E-state index contributed by atoms with van der Waals surface area (Å²) in [5.41, 5.74) is 2.65. The predicted molar refractivity (Wildman–Crippen MR) is 133 cm³/mol. The van der Waals surface area contributed by atoms with Crippen LogP contribution in [0.5, 0.6) is 5.75 Å². The van der Waals surface area contributed by atoms with Gasteiger partial charge in [-0.05, 0) is 23.6 Å². The quantitative estimate of drug-likeness (QED) is 0.297. The number of carbonyl (C=O) groups excluding carboxylic acids is 1. The first-order valence-electron chi connectivity index (χ1n) is 10.7. The van der Waals surface area contributed by atoms with E-state index in [0.717, 1.165) is 16.3 Å². The number of aromatic hydroxyl groups is 1. The minimum absolute atomic E-state index is 0.0162. The van der Waals surface area contributed by atoms with E-state index in [-0.39, 0.29) is 11.7 Å². The SMILES string of the molecule is Cn1nc(-c2ccccc2)c(N=Nc2c(O)ccc3ccccc23)c1NC(=O)c1ccccc1. The van der Waals surface area contributed by atoms with Gasteiger partial charge in [0, 0.05) is 23.6 Å². The van der Waals surface area contributed by atoms with Gasteiger partial charge in [-0.1, -0.05) is 78.9 Å². The van der Waals surface area contributed by atoms with Crippen molar-refractivity contribution in [1.82, 2.24) is 9.78 Å². The number of amides is 1. The second-order valence-corrected chi connectivity index (χ2v) is 7.71. The first kappa shape index (κ1) is 21.1. The van der Waals surface area contributed by atoms with Gasteiger partial charge in [0.05, 0.1) is 0 Å². The standard InChI is InChI=1S/C27H21N5O2/c1-32-26(28-27(34)20-13-6-3-7-14-20)25(23(31-32)19-11-4-2-5-12-19)30-29-24-21-15-9-8-10-18(21)16-17-22(24)33/h2-17,33H,1H3,(H,28,34). The number of aromatic nitrogens is 2. The molecule has 1 heterocycles. The van der Waals surface area contributed by atoms with Gasteiger partial charge in [-0.2, -0.15) is 5.10 Å². The highest BCUT2D eigenvalue weighted by molar-refractivity contribution is 6.06. The maximum Gasteiger partial charge on any atom is 0.256 e. The molecule has 0 aliphatic rings. The van der Waals surface area contributed by atoms with Crippen LogP contribution in [0, 0.1) is 0 Å². The average Bonchev–Trinajstić information content (AvgIpc) is 3.19. The summed E-state index contributed by atoms with van der Waals surface area (Å²) in [5.74, 6) is 0.131. The minimum atomic E-state index is -0.285. The molecule has 1 aromatic heterocycles. The smallest absolute Gasteiger partial charge is 0.256 e. The van der Waals surface area contributed by atoms with E-state index in [2.05, 4.69) is 20.6 Å². The van der Waals surface area contributed by atoms with Crippen molar-refractivity contribution in [3.05, 3.63) is 103 Å². The van der Waals surface area contributed by atoms with Crippen LogP contribution in [-0.4, -0.2) is 20.8 Å². The highest BCUT2D eigenvalue weighted by atomic mass is 16.3. The van der Waals surface area contributed by atoms with Crippen molar-refractivity contribution in [3.63, 3.8) is 0 Å². The monoisotopic (exact) mass is 447 g/mol. The fourth-order valence-corrected chi connectivity index (χ4v) is 3.76. The number of hydrogen-bond acceptors (Lipinski definition) is 5. The first-order chi connectivity index (χ1) is 16.6. The van der Waals surface area contributed by atoms with Crippen LogP contribution in [0.2, 0.25) is 0 Å². The normalized spacial score (nSPS) is 11.2. The van der Waals surface area contributed by atoms with E-state index in [1.165, 1.54) is 0 Å². The van der Waals surface area contributed by atoms with Crippen molar-refractivity contribution in [2.24, 2.45) is 17.3 Å². The molecule has 0 radical (unpaired) electrons. The fourth-order valence-electron chi connectivity index (χ4n) is 3.76. The second kappa shape index (κ2) is 8.99. The van der Waals surface area contributed by atoms with E-state index in [4.69, 9.17) is 0 Å². The molecular weight excluding hydrogens is 426 g/mol. The van der Waals surface area contributed by atoms with Crippen molar-refractivity contribution >= 4 is 33.9 Å². The first-order valence-corrected chi connectivity index (χ1v) is 10.7. The molecule has 0 saturated heterocycles. The van der Waals surface area contributed by atoms with Crippen molar-refractivity contribution in [3.8, 4) is 17.0 Å². The Bertz CT molecular complexity index is 1510. The average molecular weight is 447 g/mol. The Hall–Kier alpha value is -4.78. The van der Waals surface area contributed by atoms with E-state index in [1.54, 1.807) is 42.1 Å². The zero-order valence-electron chi connectivity index (χ0n) is 18.4. The topological polar surface area (TPSA) is 91.9 Å². The Morgan fingerprint density at radius 3 is 2.24 bits per heavy atom. The molecule has 0 fully saturated rings. The van der Waals surface area contributed by atoms with Crippen LogP contribution < -0.4 is 5.32 Å². The number of hydrogen-bond donors (Lipinski definition) is 2. The zero-order chi connectivity index (χ0) is 23.5. The van der Waals surface area contributed by atoms with E-state index in [9.17, 15) is 9.90 Å². The lowest BCUT2D eigenvalue weighted by Crippen LogP contribution is -2.14. The molecule has 7 nitrogen and oxygen atoms in total. The van der Waals surface area contributed by atoms with Crippen LogP contribution in [0.4, 0.5) is 17.2 Å². The lowest BCUT2D eigenvalue weighted by Gasteiger charge is -2.07. The number of phenols is 1. The van der Waals surface area contributed by atoms with Gasteiger partial charge < -0.3 is 10.4 Å². The Balaban J connectivity index is 1.63. The number of azo groups is 1. The molecule has 5 aromatic rings. The molecule has 0 spiro atoms. The van der Waals surface area contributed by atoms with Crippen molar-refractivity contribution in [2.45, 2.75) is 0 Å². The summed E-state index contributed by atoms with van der Waals surface area (Å²) in [4.78, 5) is 12.9. The van der Waals surface area contributed by atoms with E-state index >= 15 is 0 Å². The summed E-state index contributed by atoms with van der Waals surface area (Å²) in [5, 5.41) is 28.6. The molecule has 0 aliphatic heterocycles. The molecule has 0 atom stereocenters. The molecule has 5 rings (SSSR count). The lowest BCUT2D eigenvalue weighted by atomic mass is 10.1. The van der Waals surface area contributed by atoms with Crippen LogP contribution >= 0.6 is 0 Å². The summed E-state index contributed by atoms with van der Waals surface area (Å²) < 4.78 is 1.57. The molecule has 2 N–H and O–H groups in total. The summed E-state index contributed by atoms with van der Waals surface area (Å²) in [6.45, 7) is 0. The highest BCUT2D eigenvalue weighted by Gasteiger charge is 2.20. The third-order valence-electron chi connectivity index (χ3n) is 5.47. The minimum Gasteiger partial charge on any atom is -0.506 e. The molecule has 0 bridgehead atoms. The molecule has 166 valence electrons. The molecule has 0 aliphatic carbocycles. The molecular formula is C27H21N5O2. The van der Waals surface area contributed by atoms with Gasteiger partial charge >= 0.3 is 0 Å². The van der Waals surface area contributed by atoms with Gasteiger partial charge in [-0.25, -0.2) is 4.68 Å². The van der Waals surface area contributed by atoms with E-state index in [0.29, 0.717) is 28.5 Å². The highest BCUT2D eigenvalue weighted by Crippen LogP contribution is 2.40. The van der Waals surface area contributed by atoms with Gasteiger partial charge in [0.25, 0.3) is 5.91 Å².